The number of rotatable bonds is 8. The summed E-state index contributed by atoms with van der Waals surface area (Å²) in [6, 6.07) is 10.6. The molecule has 2 heterocycles. The van der Waals surface area contributed by atoms with E-state index in [1.807, 2.05) is 12.1 Å². The van der Waals surface area contributed by atoms with Gasteiger partial charge in [-0.3, -0.25) is 13.4 Å². The van der Waals surface area contributed by atoms with E-state index in [1.165, 1.54) is 18.2 Å². The number of allylic oxidation sites excluding steroid dienone is 3. The van der Waals surface area contributed by atoms with Crippen molar-refractivity contribution in [1.29, 1.82) is 0 Å². The second-order valence-corrected chi connectivity index (χ2v) is 13.3. The van der Waals surface area contributed by atoms with Crippen molar-refractivity contribution >= 4 is 63.2 Å². The van der Waals surface area contributed by atoms with Gasteiger partial charge in [-0.15, -0.1) is 10.2 Å². The Morgan fingerprint density at radius 3 is 2.56 bits per heavy atom. The van der Waals surface area contributed by atoms with Crippen LogP contribution in [0.4, 0.5) is 11.5 Å². The highest BCUT2D eigenvalue weighted by Gasteiger charge is 2.36. The molecule has 3 aromatic rings. The summed E-state index contributed by atoms with van der Waals surface area (Å²) in [4.78, 5) is 19.3. The minimum Gasteiger partial charge on any atom is -0.366 e. The molecule has 1 fully saturated rings. The molecule has 0 amide bonds. The first-order valence-electron chi connectivity index (χ1n) is 11.0. The molecule has 5 rings (SSSR count). The SMILES string of the molecule is O=P(O)(O)CN(c1ccc2c(ccn2-c2ccc(NC3CC3)nn2)c1)S(=O)(=O)C1C=C(Cl)C=C(Cl)C1. The van der Waals surface area contributed by atoms with Gasteiger partial charge < -0.3 is 15.1 Å². The zero-order chi connectivity index (χ0) is 25.7. The summed E-state index contributed by atoms with van der Waals surface area (Å²) in [5, 5.41) is 11.6. The molecule has 0 aliphatic heterocycles. The lowest BCUT2D eigenvalue weighted by atomic mass is 10.2. The van der Waals surface area contributed by atoms with E-state index in [2.05, 4.69) is 15.5 Å². The molecule has 0 radical (unpaired) electrons. The summed E-state index contributed by atoms with van der Waals surface area (Å²) in [5.74, 6) is 1.27. The van der Waals surface area contributed by atoms with Crippen molar-refractivity contribution in [3.05, 3.63) is 64.8 Å². The summed E-state index contributed by atoms with van der Waals surface area (Å²) in [7, 11) is -9.04. The zero-order valence-corrected chi connectivity index (χ0v) is 21.9. The van der Waals surface area contributed by atoms with E-state index in [0.717, 1.165) is 22.7 Å². The van der Waals surface area contributed by atoms with Gasteiger partial charge in [-0.05, 0) is 61.4 Å². The number of nitrogens with one attached hydrogen (secondary N) is 1. The fraction of sp³-hybridized carbons (Fsp3) is 0.273. The van der Waals surface area contributed by atoms with Gasteiger partial charge in [0.25, 0.3) is 0 Å². The molecule has 14 heteroatoms. The summed E-state index contributed by atoms with van der Waals surface area (Å²) >= 11 is 12.1. The minimum absolute atomic E-state index is 0.0549. The maximum absolute atomic E-state index is 13.5. The van der Waals surface area contributed by atoms with Crippen LogP contribution in [-0.4, -0.2) is 50.5 Å². The van der Waals surface area contributed by atoms with Crippen molar-refractivity contribution in [2.24, 2.45) is 0 Å². The molecule has 36 heavy (non-hydrogen) atoms. The van der Waals surface area contributed by atoms with Gasteiger partial charge in [-0.1, -0.05) is 23.2 Å². The summed E-state index contributed by atoms with van der Waals surface area (Å²) < 4.78 is 41.4. The van der Waals surface area contributed by atoms with Crippen LogP contribution in [0.15, 0.2) is 64.8 Å². The Balaban J connectivity index is 1.49. The molecule has 3 N–H and O–H groups in total. The van der Waals surface area contributed by atoms with Crippen LogP contribution < -0.4 is 9.62 Å². The smallest absolute Gasteiger partial charge is 0.345 e. The summed E-state index contributed by atoms with van der Waals surface area (Å²) in [6.45, 7) is 0. The summed E-state index contributed by atoms with van der Waals surface area (Å²) in [6.07, 6.45) is 5.68. The number of anilines is 2. The Labute approximate surface area is 217 Å². The third-order valence-corrected chi connectivity index (χ3v) is 9.19. The van der Waals surface area contributed by atoms with Crippen molar-refractivity contribution in [3.63, 3.8) is 0 Å². The van der Waals surface area contributed by atoms with Crippen molar-refractivity contribution in [2.75, 3.05) is 15.9 Å². The fourth-order valence-electron chi connectivity index (χ4n) is 3.97. The van der Waals surface area contributed by atoms with Crippen molar-refractivity contribution in [1.82, 2.24) is 14.8 Å². The molecule has 1 saturated carbocycles. The quantitative estimate of drug-likeness (QED) is 0.342. The van der Waals surface area contributed by atoms with E-state index < -0.39 is 29.2 Å². The number of fused-ring (bicyclic) bond motifs is 1. The predicted octanol–water partition coefficient (Wildman–Crippen LogP) is 4.28. The van der Waals surface area contributed by atoms with Gasteiger partial charge in [0.15, 0.2) is 5.82 Å². The number of benzene rings is 1. The number of nitrogens with zero attached hydrogens (tertiary/aromatic N) is 4. The monoisotopic (exact) mass is 569 g/mol. The Kier molecular flexibility index (Phi) is 6.65. The predicted molar refractivity (Wildman–Crippen MR) is 140 cm³/mol. The normalized spacial score (nSPS) is 18.6. The molecule has 1 aromatic carbocycles. The van der Waals surface area contributed by atoms with E-state index in [0.29, 0.717) is 23.1 Å². The highest BCUT2D eigenvalue weighted by Crippen LogP contribution is 2.41. The van der Waals surface area contributed by atoms with Gasteiger partial charge >= 0.3 is 7.60 Å². The first kappa shape index (κ1) is 25.3. The molecule has 2 aromatic heterocycles. The molecule has 2 aliphatic carbocycles. The Hall–Kier alpha value is -2.40. The number of hydrogen-bond donors (Lipinski definition) is 3. The lowest BCUT2D eigenvalue weighted by Crippen LogP contribution is -2.39. The molecule has 1 atom stereocenters. The number of aromatic nitrogens is 3. The molecular weight excluding hydrogens is 548 g/mol. The van der Waals surface area contributed by atoms with E-state index in [4.69, 9.17) is 23.2 Å². The van der Waals surface area contributed by atoms with Crippen molar-refractivity contribution in [3.8, 4) is 5.82 Å². The minimum atomic E-state index is -4.76. The van der Waals surface area contributed by atoms with Crippen LogP contribution in [0.25, 0.3) is 16.7 Å². The fourth-order valence-corrected chi connectivity index (χ4v) is 7.79. The van der Waals surface area contributed by atoms with Gasteiger partial charge in [0, 0.05) is 34.1 Å². The molecule has 0 spiro atoms. The molecular formula is C22H22Cl2N5O5PS. The average molecular weight is 570 g/mol. The highest BCUT2D eigenvalue weighted by atomic mass is 35.5. The van der Waals surface area contributed by atoms with Gasteiger partial charge in [0.2, 0.25) is 10.0 Å². The second-order valence-electron chi connectivity index (χ2n) is 8.71. The molecule has 10 nitrogen and oxygen atoms in total. The third kappa shape index (κ3) is 5.46. The number of hydrogen-bond acceptors (Lipinski definition) is 6. The lowest BCUT2D eigenvalue weighted by Gasteiger charge is -2.29. The van der Waals surface area contributed by atoms with Gasteiger partial charge in [-0.25, -0.2) is 8.42 Å². The van der Waals surface area contributed by atoms with Gasteiger partial charge in [0.1, 0.15) is 17.4 Å². The first-order chi connectivity index (χ1) is 17.0. The Morgan fingerprint density at radius 1 is 1.14 bits per heavy atom. The zero-order valence-electron chi connectivity index (χ0n) is 18.7. The van der Waals surface area contributed by atoms with Crippen LogP contribution in [-0.2, 0) is 14.6 Å². The van der Waals surface area contributed by atoms with E-state index >= 15 is 0 Å². The van der Waals surface area contributed by atoms with E-state index in [1.54, 1.807) is 29.0 Å². The van der Waals surface area contributed by atoms with Crippen LogP contribution in [0.3, 0.4) is 0 Å². The largest absolute Gasteiger partial charge is 0.366 e. The van der Waals surface area contributed by atoms with Crippen LogP contribution in [0.5, 0.6) is 0 Å². The van der Waals surface area contributed by atoms with Crippen LogP contribution in [0, 0.1) is 0 Å². The molecule has 0 bridgehead atoms. The third-order valence-electron chi connectivity index (χ3n) is 5.83. The molecule has 1 unspecified atom stereocenters. The summed E-state index contributed by atoms with van der Waals surface area (Å²) in [5.41, 5.74) is 0.824. The van der Waals surface area contributed by atoms with Gasteiger partial charge in [0.05, 0.1) is 11.2 Å². The van der Waals surface area contributed by atoms with Gasteiger partial charge in [-0.2, -0.15) is 0 Å². The topological polar surface area (TPSA) is 138 Å². The first-order valence-corrected chi connectivity index (χ1v) is 15.1. The van der Waals surface area contributed by atoms with Crippen molar-refractivity contribution in [2.45, 2.75) is 30.6 Å². The lowest BCUT2D eigenvalue weighted by molar-refractivity contribution is 0.373. The highest BCUT2D eigenvalue weighted by molar-refractivity contribution is 7.93. The Morgan fingerprint density at radius 2 is 1.92 bits per heavy atom. The van der Waals surface area contributed by atoms with Crippen molar-refractivity contribution < 1.29 is 22.8 Å². The Bertz CT molecular complexity index is 1530. The van der Waals surface area contributed by atoms with Crippen LogP contribution >= 0.6 is 30.8 Å². The number of sulfonamides is 1. The average Bonchev–Trinajstić information content (AvgIpc) is 3.52. The van der Waals surface area contributed by atoms with E-state index in [9.17, 15) is 22.8 Å². The number of halogens is 2. The molecule has 0 saturated heterocycles. The molecule has 190 valence electrons. The van der Waals surface area contributed by atoms with E-state index in [-0.39, 0.29) is 22.2 Å². The molecule has 2 aliphatic rings. The van der Waals surface area contributed by atoms with Crippen LogP contribution in [0.1, 0.15) is 19.3 Å². The second kappa shape index (κ2) is 9.48. The van der Waals surface area contributed by atoms with Crippen LogP contribution in [0.2, 0.25) is 0 Å². The standard InChI is InChI=1S/C22H22Cl2N5O5PS/c23-15-10-16(24)12-19(11-15)36(33,34)29(13-35(30,31)32)18-3-4-20-14(9-18)7-8-28(20)22-6-5-21(26-27-22)25-17-1-2-17/h3-11,17,19H,1-2,12-13H2,(H,25,26)(H2,30,31,32). The maximum atomic E-state index is 13.5. The maximum Gasteiger partial charge on any atom is 0.345 e.